The Kier molecular flexibility index (Phi) is 37.3. The van der Waals surface area contributed by atoms with E-state index in [1.54, 1.807) is 42.5 Å². The van der Waals surface area contributed by atoms with E-state index in [-0.39, 0.29) is 32.3 Å². The molecule has 1 unspecified atom stereocenters. The zero-order valence-electron chi connectivity index (χ0n) is 38.5. The summed E-state index contributed by atoms with van der Waals surface area (Å²) < 4.78 is 34.1. The molecule has 0 rings (SSSR count). The summed E-state index contributed by atoms with van der Waals surface area (Å²) in [5.41, 5.74) is 0. The quantitative estimate of drug-likeness (QED) is 0.0115. The number of rotatable bonds is 40. The lowest BCUT2D eigenvalue weighted by Gasteiger charge is -2.24. The van der Waals surface area contributed by atoms with Crippen molar-refractivity contribution < 1.29 is 57.4 Å². The van der Waals surface area contributed by atoms with Crippen LogP contribution in [0.4, 0.5) is 0 Å². The van der Waals surface area contributed by atoms with E-state index in [0.717, 1.165) is 64.2 Å². The SMILES string of the molecule is CCCCC/C=C\C/C=C\CCCCCCCCCC(=O)O[C@H](COC(=O)CCC[C@@H](O)[C@H](O)/C=C/C=C/C=C\C=C\[C@H](O)CCCCC)COP(=O)(O)OCC[N+](C)(C)C. The number of likely N-dealkylation sites (N-methyl/N-ethyl adjacent to an activating group) is 1. The van der Waals surface area contributed by atoms with Crippen LogP contribution in [0.1, 0.15) is 149 Å². The van der Waals surface area contributed by atoms with Gasteiger partial charge in [-0.05, 0) is 57.8 Å². The zero-order valence-corrected chi connectivity index (χ0v) is 39.4. The lowest BCUT2D eigenvalue weighted by Crippen LogP contribution is -2.37. The summed E-state index contributed by atoms with van der Waals surface area (Å²) in [4.78, 5) is 35.5. The van der Waals surface area contributed by atoms with E-state index in [4.69, 9.17) is 18.5 Å². The van der Waals surface area contributed by atoms with E-state index in [1.807, 2.05) is 21.1 Å². The number of hydrogen-bond donors (Lipinski definition) is 4. The van der Waals surface area contributed by atoms with Gasteiger partial charge < -0.3 is 34.2 Å². The Balaban J connectivity index is 4.68. The van der Waals surface area contributed by atoms with Gasteiger partial charge in [0.25, 0.3) is 0 Å². The van der Waals surface area contributed by atoms with E-state index in [0.29, 0.717) is 17.4 Å². The maximum absolute atomic E-state index is 12.7. The van der Waals surface area contributed by atoms with Gasteiger partial charge in [0.2, 0.25) is 0 Å². The number of hydrogen-bond acceptors (Lipinski definition) is 10. The molecular formula is C48H85NO11P+. The monoisotopic (exact) mass is 883 g/mol. The average Bonchev–Trinajstić information content (AvgIpc) is 3.20. The van der Waals surface area contributed by atoms with Crippen molar-refractivity contribution in [1.82, 2.24) is 0 Å². The summed E-state index contributed by atoms with van der Waals surface area (Å²) in [5.74, 6) is -1.14. The molecule has 0 heterocycles. The van der Waals surface area contributed by atoms with Gasteiger partial charge in [0.1, 0.15) is 19.8 Å². The van der Waals surface area contributed by atoms with Crippen molar-refractivity contribution in [1.29, 1.82) is 0 Å². The van der Waals surface area contributed by atoms with Crippen LogP contribution in [0.5, 0.6) is 0 Å². The minimum atomic E-state index is -4.47. The van der Waals surface area contributed by atoms with E-state index in [1.165, 1.54) is 44.6 Å². The maximum atomic E-state index is 12.7. The molecule has 0 aromatic heterocycles. The lowest BCUT2D eigenvalue weighted by atomic mass is 10.1. The summed E-state index contributed by atoms with van der Waals surface area (Å²) in [6.45, 7) is 3.87. The highest BCUT2D eigenvalue weighted by molar-refractivity contribution is 7.47. The van der Waals surface area contributed by atoms with Crippen molar-refractivity contribution in [2.75, 3.05) is 47.5 Å². The molecular weight excluding hydrogens is 797 g/mol. The predicted molar refractivity (Wildman–Crippen MR) is 247 cm³/mol. The summed E-state index contributed by atoms with van der Waals surface area (Å²) in [5, 5.41) is 30.5. The molecule has 0 aliphatic carbocycles. The Labute approximate surface area is 369 Å². The van der Waals surface area contributed by atoms with E-state index in [9.17, 15) is 34.4 Å². The molecule has 5 atom stereocenters. The second-order valence-electron chi connectivity index (χ2n) is 16.6. The van der Waals surface area contributed by atoms with Gasteiger partial charge in [0.15, 0.2) is 6.10 Å². The minimum absolute atomic E-state index is 0.0289. The first-order chi connectivity index (χ1) is 29.2. The van der Waals surface area contributed by atoms with Crippen LogP contribution in [0.2, 0.25) is 0 Å². The summed E-state index contributed by atoms with van der Waals surface area (Å²) in [6.07, 6.45) is 37.4. The summed E-state index contributed by atoms with van der Waals surface area (Å²) in [7, 11) is 1.27. The number of allylic oxidation sites excluding steroid dienone is 10. The molecule has 0 fully saturated rings. The molecule has 0 spiro atoms. The zero-order chi connectivity index (χ0) is 45.5. The summed E-state index contributed by atoms with van der Waals surface area (Å²) >= 11 is 0. The molecule has 0 radical (unpaired) electrons. The highest BCUT2D eigenvalue weighted by Gasteiger charge is 2.27. The molecule has 0 aromatic rings. The Morgan fingerprint density at radius 3 is 1.82 bits per heavy atom. The predicted octanol–water partition coefficient (Wildman–Crippen LogP) is 9.93. The van der Waals surface area contributed by atoms with Crippen molar-refractivity contribution in [3.05, 3.63) is 72.9 Å². The standard InChI is InChI=1S/C48H84NO11P/c1-6-8-10-11-12-13-14-15-16-17-18-19-20-21-22-27-31-37-48(54)60-44(42-59-61(55,56)58-40-39-49(3,4)5)41-57-47(53)38-32-36-46(52)45(51)35-30-26-24-23-25-29-34-43(50)33-28-9-7-2/h12-13,15-16,23-26,29-30,34-35,43-46,50-52H,6-11,14,17-22,27-28,31-33,36-42H2,1-5H3/p+1/b13-12-,16-15-,25-23-,26-24+,34-29+,35-30+/t43-,44-,45-,46-/m1/s1. The first-order valence-corrected chi connectivity index (χ1v) is 24.5. The molecule has 0 aromatic carbocycles. The first kappa shape index (κ1) is 58.3. The molecule has 0 bridgehead atoms. The summed E-state index contributed by atoms with van der Waals surface area (Å²) in [6, 6.07) is 0. The minimum Gasteiger partial charge on any atom is -0.462 e. The van der Waals surface area contributed by atoms with Gasteiger partial charge in [0, 0.05) is 12.8 Å². The molecule has 61 heavy (non-hydrogen) atoms. The highest BCUT2D eigenvalue weighted by atomic mass is 31.2. The van der Waals surface area contributed by atoms with Crippen LogP contribution in [-0.2, 0) is 32.7 Å². The number of carbonyl (C=O) groups is 2. The Morgan fingerprint density at radius 1 is 0.623 bits per heavy atom. The van der Waals surface area contributed by atoms with Gasteiger partial charge in [-0.3, -0.25) is 18.6 Å². The third-order valence-corrected chi connectivity index (χ3v) is 10.6. The second kappa shape index (κ2) is 39.0. The van der Waals surface area contributed by atoms with Crippen molar-refractivity contribution >= 4 is 19.8 Å². The number of carbonyl (C=O) groups excluding carboxylic acids is 2. The smallest absolute Gasteiger partial charge is 0.462 e. The Hall–Kier alpha value is -2.67. The number of nitrogens with zero attached hydrogens (tertiary/aromatic N) is 1. The van der Waals surface area contributed by atoms with Crippen LogP contribution in [0.3, 0.4) is 0 Å². The normalized spacial score (nSPS) is 15.8. The maximum Gasteiger partial charge on any atom is 0.472 e. The fraction of sp³-hybridized carbons (Fsp3) is 0.708. The van der Waals surface area contributed by atoms with E-state index < -0.39 is 57.4 Å². The molecule has 352 valence electrons. The van der Waals surface area contributed by atoms with Crippen LogP contribution in [0.25, 0.3) is 0 Å². The highest BCUT2D eigenvalue weighted by Crippen LogP contribution is 2.43. The van der Waals surface area contributed by atoms with E-state index in [2.05, 4.69) is 38.2 Å². The van der Waals surface area contributed by atoms with Crippen LogP contribution >= 0.6 is 7.82 Å². The van der Waals surface area contributed by atoms with Crippen molar-refractivity contribution in [3.63, 3.8) is 0 Å². The number of quaternary nitrogens is 1. The second-order valence-corrected chi connectivity index (χ2v) is 18.1. The number of aliphatic hydroxyl groups is 3. The number of aliphatic hydroxyl groups excluding tert-OH is 3. The van der Waals surface area contributed by atoms with Crippen LogP contribution < -0.4 is 0 Å². The van der Waals surface area contributed by atoms with Crippen molar-refractivity contribution in [2.45, 2.75) is 173 Å². The molecule has 12 nitrogen and oxygen atoms in total. The molecule has 4 N–H and O–H groups in total. The Morgan fingerprint density at radius 2 is 1.18 bits per heavy atom. The van der Waals surface area contributed by atoms with Gasteiger partial charge in [-0.2, -0.15) is 0 Å². The van der Waals surface area contributed by atoms with Crippen molar-refractivity contribution in [2.24, 2.45) is 0 Å². The fourth-order valence-corrected chi connectivity index (χ4v) is 6.52. The van der Waals surface area contributed by atoms with Crippen LogP contribution in [0, 0.1) is 0 Å². The van der Waals surface area contributed by atoms with Crippen molar-refractivity contribution in [3.8, 4) is 0 Å². The van der Waals surface area contributed by atoms with Crippen LogP contribution in [-0.4, -0.2) is 109 Å². The number of phosphoric ester groups is 1. The van der Waals surface area contributed by atoms with E-state index >= 15 is 0 Å². The van der Waals surface area contributed by atoms with Gasteiger partial charge in [-0.15, -0.1) is 0 Å². The topological polar surface area (TPSA) is 169 Å². The number of esters is 2. The first-order valence-electron chi connectivity index (χ1n) is 23.0. The lowest BCUT2D eigenvalue weighted by molar-refractivity contribution is -0.870. The third kappa shape index (κ3) is 41.1. The molecule has 0 amide bonds. The van der Waals surface area contributed by atoms with Gasteiger partial charge >= 0.3 is 19.8 Å². The molecule has 0 saturated heterocycles. The number of ether oxygens (including phenoxy) is 2. The molecule has 13 heteroatoms. The third-order valence-electron chi connectivity index (χ3n) is 9.58. The molecule has 0 saturated carbocycles. The molecule has 0 aliphatic rings. The molecule has 0 aliphatic heterocycles. The average molecular weight is 883 g/mol. The number of unbranched alkanes of at least 4 members (excludes halogenated alkanes) is 12. The Bertz CT molecular complexity index is 1320. The van der Waals surface area contributed by atoms with Gasteiger partial charge in [0.05, 0.1) is 46.1 Å². The van der Waals surface area contributed by atoms with Gasteiger partial charge in [-0.25, -0.2) is 4.57 Å². The van der Waals surface area contributed by atoms with Crippen LogP contribution in [0.15, 0.2) is 72.9 Å². The van der Waals surface area contributed by atoms with Gasteiger partial charge in [-0.1, -0.05) is 151 Å². The number of phosphoric acid groups is 1. The fourth-order valence-electron chi connectivity index (χ4n) is 5.78. The largest absolute Gasteiger partial charge is 0.472 e.